The summed E-state index contributed by atoms with van der Waals surface area (Å²) in [7, 11) is -0.231. The number of nitro benzene ring substituents is 2. The van der Waals surface area contributed by atoms with Crippen LogP contribution in [0.1, 0.15) is 115 Å². The van der Waals surface area contributed by atoms with E-state index in [1.165, 1.54) is 98.0 Å². The summed E-state index contributed by atoms with van der Waals surface area (Å²) in [6.45, 7) is 21.5. The van der Waals surface area contributed by atoms with Gasteiger partial charge >= 0.3 is 39.5 Å². The highest BCUT2D eigenvalue weighted by Crippen LogP contribution is 2.57. The zero-order chi connectivity index (χ0) is 85.9. The number of esters is 3. The van der Waals surface area contributed by atoms with Gasteiger partial charge in [0, 0.05) is 75.1 Å². The highest BCUT2D eigenvalue weighted by Gasteiger charge is 2.50. The van der Waals surface area contributed by atoms with Gasteiger partial charge in [-0.1, -0.05) is 36.4 Å². The topological polar surface area (TPSA) is 509 Å². The lowest BCUT2D eigenvalue weighted by Crippen LogP contribution is -2.36. The molecular formula is C68H91B2Cl3F2N15O23P3. The number of nitrogens with one attached hydrogen (secondary N) is 2. The van der Waals surface area contributed by atoms with Crippen LogP contribution in [-0.2, 0) is 56.3 Å². The SMILES string of the molecule is CC(C)OC(=O)[C@@H](C)N.CC(C)OC(=O)[C@@H](C)NP(=O)(Oc1ccccc1)Oc1ccc([N+](=O)[O-])cc1.CCOc1nc(N)nc2c1ncn2[C@@H]1O[C@H](CO)C[C@@]1(C)F.CCOc1nc(N)nc2c1ncn2[C@@H]1O[C@H](COP(=O)(N[C@H](C)C(=O)OC(C)C)Oc2ccccc2)C[C@@]1(C)F.Cl.O=[N+]([O-])c1ccc(OP(=O)(Cl)Cl)cc1.[B][B]. The van der Waals surface area contributed by atoms with Crippen molar-refractivity contribution >= 4 is 135 Å². The van der Waals surface area contributed by atoms with Crippen molar-refractivity contribution in [3.63, 3.8) is 0 Å². The number of nitrogens with zero attached hydrogens (tertiary/aromatic N) is 10. The van der Waals surface area contributed by atoms with E-state index in [1.54, 1.807) is 116 Å². The number of halogens is 5. The van der Waals surface area contributed by atoms with Crippen LogP contribution in [0, 0.1) is 20.2 Å². The Morgan fingerprint density at radius 2 is 0.940 bits per heavy atom. The van der Waals surface area contributed by atoms with Gasteiger partial charge in [0.05, 0.1) is 79.4 Å². The zero-order valence-electron chi connectivity index (χ0n) is 65.1. The molecule has 632 valence electrons. The number of carbonyl (C=O) groups excluding carboxylic acids is 3. The van der Waals surface area contributed by atoms with Crippen molar-refractivity contribution < 1.29 is 108 Å². The number of carbonyl (C=O) groups is 3. The minimum atomic E-state index is -4.15. The third kappa shape index (κ3) is 31.1. The summed E-state index contributed by atoms with van der Waals surface area (Å²) >= 11 is 10.3. The second-order valence-corrected chi connectivity index (χ2v) is 33.3. The number of aliphatic hydroxyl groups is 1. The number of benzene rings is 4. The third-order valence-corrected chi connectivity index (χ3v) is 18.8. The number of aromatic nitrogens is 8. The summed E-state index contributed by atoms with van der Waals surface area (Å²) in [6.07, 6.45) is -5.16. The molecule has 10 rings (SSSR count). The van der Waals surface area contributed by atoms with Crippen molar-refractivity contribution in [1.29, 1.82) is 0 Å². The molecule has 0 aliphatic carbocycles. The van der Waals surface area contributed by atoms with Crippen LogP contribution in [0.4, 0.5) is 32.1 Å². The fourth-order valence-electron chi connectivity index (χ4n) is 10.1. The minimum absolute atomic E-state index is 0. The first-order valence-corrected chi connectivity index (χ1v) is 41.5. The first kappa shape index (κ1) is 99.2. The first-order valence-electron chi connectivity index (χ1n) is 35.0. The van der Waals surface area contributed by atoms with Crippen molar-refractivity contribution in [2.75, 3.05) is 37.9 Å². The van der Waals surface area contributed by atoms with E-state index >= 15 is 4.39 Å². The van der Waals surface area contributed by atoms with Gasteiger partial charge in [0.1, 0.15) is 41.1 Å². The Kier molecular flexibility index (Phi) is 39.0. The second-order valence-electron chi connectivity index (χ2n) is 25.8. The van der Waals surface area contributed by atoms with Crippen LogP contribution in [0.5, 0.6) is 34.8 Å². The number of nitro groups is 2. The quantitative estimate of drug-likeness (QED) is 0.00608. The number of non-ortho nitro benzene ring substituents is 2. The molecule has 0 amide bonds. The van der Waals surface area contributed by atoms with E-state index in [4.69, 9.17) is 90.9 Å². The number of imidazole rings is 2. The van der Waals surface area contributed by atoms with Gasteiger partial charge in [-0.2, -0.15) is 30.1 Å². The van der Waals surface area contributed by atoms with Crippen LogP contribution < -0.4 is 54.9 Å². The molecule has 2 fully saturated rings. The molecule has 2 aliphatic heterocycles. The summed E-state index contributed by atoms with van der Waals surface area (Å²) in [6, 6.07) is 24.0. The molecule has 6 heterocycles. The number of fused-ring (bicyclic) bond motifs is 2. The van der Waals surface area contributed by atoms with Crippen LogP contribution in [-0.4, -0.2) is 174 Å². The number of nitrogens with two attached hydrogens (primary N) is 3. The lowest BCUT2D eigenvalue weighted by atomic mass is 9.81. The molecule has 2 aliphatic rings. The second kappa shape index (κ2) is 45.5. The highest BCUT2D eigenvalue weighted by molar-refractivity contribution is 8.05. The number of hydrogen-bond acceptors (Lipinski definition) is 32. The Morgan fingerprint density at radius 1 is 0.595 bits per heavy atom. The summed E-state index contributed by atoms with van der Waals surface area (Å²) in [5.74, 6) is -0.543. The van der Waals surface area contributed by atoms with Crippen molar-refractivity contribution in [2.24, 2.45) is 5.73 Å². The predicted octanol–water partition coefficient (Wildman–Crippen LogP) is 12.4. The average molecular weight is 1750 g/mol. The normalized spacial score (nSPS) is 19.2. The molecule has 11 atom stereocenters. The Bertz CT molecular complexity index is 4640. The molecule has 116 heavy (non-hydrogen) atoms. The van der Waals surface area contributed by atoms with Gasteiger partial charge in [0.2, 0.25) is 23.7 Å². The maximum atomic E-state index is 15.9. The Balaban J connectivity index is 0.000000326. The molecule has 48 heteroatoms. The molecule has 4 aromatic carbocycles. The van der Waals surface area contributed by atoms with Crippen LogP contribution in [0.15, 0.2) is 122 Å². The van der Waals surface area contributed by atoms with E-state index in [0.717, 1.165) is 0 Å². The van der Waals surface area contributed by atoms with Gasteiger partial charge in [0.15, 0.2) is 46.1 Å². The summed E-state index contributed by atoms with van der Waals surface area (Å²) < 4.78 is 136. The lowest BCUT2D eigenvalue weighted by molar-refractivity contribution is -0.385. The fraction of sp³-hybridized carbons (Fsp3) is 0.456. The fourth-order valence-corrected chi connectivity index (χ4v) is 14.0. The molecule has 2 saturated heterocycles. The van der Waals surface area contributed by atoms with Gasteiger partial charge in [0.25, 0.3) is 11.4 Å². The molecule has 38 nitrogen and oxygen atoms in total. The van der Waals surface area contributed by atoms with Gasteiger partial charge in [-0.15, -0.1) is 12.4 Å². The van der Waals surface area contributed by atoms with E-state index in [0.29, 0.717) is 29.9 Å². The van der Waals surface area contributed by atoms with Crippen molar-refractivity contribution in [3.8, 4) is 34.8 Å². The Labute approximate surface area is 684 Å². The van der Waals surface area contributed by atoms with Crippen LogP contribution in [0.25, 0.3) is 22.3 Å². The molecule has 4 radical (unpaired) electrons. The Morgan fingerprint density at radius 3 is 1.28 bits per heavy atom. The van der Waals surface area contributed by atoms with E-state index in [9.17, 15) is 57.8 Å². The lowest BCUT2D eigenvalue weighted by Gasteiger charge is -2.24. The maximum Gasteiger partial charge on any atom is 0.513 e. The smallest absolute Gasteiger partial charge is 0.476 e. The van der Waals surface area contributed by atoms with Crippen LogP contribution >= 0.6 is 56.5 Å². The van der Waals surface area contributed by atoms with Crippen molar-refractivity contribution in [3.05, 3.63) is 142 Å². The predicted molar refractivity (Wildman–Crippen MR) is 428 cm³/mol. The van der Waals surface area contributed by atoms with Crippen molar-refractivity contribution in [2.45, 2.75) is 175 Å². The number of hydrogen-bond donors (Lipinski definition) is 6. The van der Waals surface area contributed by atoms with E-state index in [2.05, 4.69) is 60.1 Å². The summed E-state index contributed by atoms with van der Waals surface area (Å²) in [5.41, 5.74) is 14.2. The van der Waals surface area contributed by atoms with Crippen LogP contribution in [0.2, 0.25) is 0 Å². The molecule has 9 N–H and O–H groups in total. The Hall–Kier alpha value is -9.14. The number of para-hydroxylation sites is 2. The van der Waals surface area contributed by atoms with E-state index in [-0.39, 0.29) is 126 Å². The molecular weight excluding hydrogens is 1650 g/mol. The average Bonchev–Trinajstić information content (AvgIpc) is 1.61. The number of alkyl halides is 2. The molecule has 2 unspecified atom stereocenters. The van der Waals surface area contributed by atoms with Gasteiger partial charge in [-0.25, -0.2) is 32.4 Å². The molecule has 4 aromatic heterocycles. The van der Waals surface area contributed by atoms with Gasteiger partial charge in [-0.05, 0) is 139 Å². The summed E-state index contributed by atoms with van der Waals surface area (Å²) in [4.78, 5) is 79.8. The molecule has 0 saturated carbocycles. The molecule has 8 aromatic rings. The standard InChI is InChI=1S/C25H34FN6O7P.C18H21N2O7P.C13H18FN5O3.C6H4Cl2NO4P.C6H13NO2.B2.ClH/c1-6-35-21-19-20(29-24(27)30-21)32(14-28-19)23-25(5,26)12-18(38-23)13-36-40(34,39-17-10-8-7-9-11-17)31-16(4)22(33)37-15(2)3;1-13(2)25-18(21)14(3)19-28(24,26-16-7-5-4-6-8-16)27-17-11-9-15(10-12-17)20(22)23;1-3-21-10-8-9(17-12(15)18-10)19(6-16-8)11-13(2,14)4-7(5-20)22-11;7-14(8,12)13-6-3-1-5(2-4-6)9(10)11;1-4(2)9-6(8)5(3)7;1-2;/h7-11,14-16,18,23H,6,12-13H2,1-5H3,(H,31,34)(H2,27,29,30);4-14H,1-3H3,(H,19,24);6-7,11,20H,3-5H2,1-2H3,(H2,15,17,18);1-4H;4-5H,7H2,1-3H3;;1H/t16-,18+,23-,25-,40?;14-,28?;7-,11+,13+;;5-;;/m110.1../s1. The number of nitrogen functional groups attached to an aromatic ring is 2. The largest absolute Gasteiger partial charge is 0.513 e. The van der Waals surface area contributed by atoms with Crippen molar-refractivity contribution in [1.82, 2.24) is 49.2 Å². The summed E-state index contributed by atoms with van der Waals surface area (Å²) in [5, 5.41) is 35.4. The molecule has 0 bridgehead atoms. The van der Waals surface area contributed by atoms with Gasteiger partial charge < -0.3 is 73.6 Å². The van der Waals surface area contributed by atoms with E-state index in [1.807, 2.05) is 6.92 Å². The highest BCUT2D eigenvalue weighted by atomic mass is 35.9. The number of rotatable bonds is 30. The minimum Gasteiger partial charge on any atom is -0.476 e. The monoisotopic (exact) mass is 1740 g/mol. The number of aliphatic hydroxyl groups excluding tert-OH is 1. The zero-order valence-corrected chi connectivity index (χ0v) is 70.1. The maximum absolute atomic E-state index is 15.9. The third-order valence-electron chi connectivity index (χ3n) is 14.7. The van der Waals surface area contributed by atoms with Gasteiger partial charge in [-0.3, -0.25) is 48.3 Å². The molecule has 0 spiro atoms. The van der Waals surface area contributed by atoms with E-state index < -0.39 is 97.5 Å². The van der Waals surface area contributed by atoms with Crippen LogP contribution in [0.3, 0.4) is 0 Å². The number of anilines is 2. The number of ether oxygens (including phenoxy) is 7. The first-order chi connectivity index (χ1) is 54.0.